The van der Waals surface area contributed by atoms with Crippen LogP contribution in [0.25, 0.3) is 0 Å². The lowest BCUT2D eigenvalue weighted by molar-refractivity contribution is 0.300. The highest BCUT2D eigenvalue weighted by Crippen LogP contribution is 2.39. The Hall–Kier alpha value is -0.0400. The Balaban J connectivity index is 1.69. The van der Waals surface area contributed by atoms with Crippen LogP contribution in [0.3, 0.4) is 0 Å². The van der Waals surface area contributed by atoms with Crippen molar-refractivity contribution in [2.24, 2.45) is 17.6 Å². The van der Waals surface area contributed by atoms with E-state index in [4.69, 9.17) is 5.73 Å². The molecule has 11 heavy (non-hydrogen) atoms. The van der Waals surface area contributed by atoms with Crippen LogP contribution < -0.4 is 5.73 Å². The molecule has 0 aromatic heterocycles. The van der Waals surface area contributed by atoms with Crippen LogP contribution in [-0.4, -0.2) is 6.04 Å². The summed E-state index contributed by atoms with van der Waals surface area (Å²) < 4.78 is 0. The molecule has 0 radical (unpaired) electrons. The van der Waals surface area contributed by atoms with Gasteiger partial charge in [-0.1, -0.05) is 12.8 Å². The summed E-state index contributed by atoms with van der Waals surface area (Å²) in [5.74, 6) is 2.16. The van der Waals surface area contributed by atoms with Crippen LogP contribution in [0.4, 0.5) is 0 Å². The minimum absolute atomic E-state index is 0.533. The topological polar surface area (TPSA) is 26.0 Å². The summed E-state index contributed by atoms with van der Waals surface area (Å²) in [6.45, 7) is 0. The molecule has 1 nitrogen and oxygen atoms in total. The van der Waals surface area contributed by atoms with Gasteiger partial charge in [-0.2, -0.15) is 0 Å². The fourth-order valence-corrected chi connectivity index (χ4v) is 2.25. The predicted molar refractivity (Wildman–Crippen MR) is 47.3 cm³/mol. The lowest BCUT2D eigenvalue weighted by atomic mass is 9.83. The van der Waals surface area contributed by atoms with E-state index in [2.05, 4.69) is 0 Å². The van der Waals surface area contributed by atoms with E-state index in [0.29, 0.717) is 6.04 Å². The average Bonchev–Trinajstić information content (AvgIpc) is 2.78. The summed E-state index contributed by atoms with van der Waals surface area (Å²) in [5.41, 5.74) is 5.84. The van der Waals surface area contributed by atoms with E-state index < -0.39 is 0 Å². The van der Waals surface area contributed by atoms with E-state index in [1.807, 2.05) is 0 Å². The molecule has 0 heterocycles. The van der Waals surface area contributed by atoms with Gasteiger partial charge in [-0.3, -0.25) is 0 Å². The second-order valence-corrected chi connectivity index (χ2v) is 4.46. The molecular weight excluding hydrogens is 134 g/mol. The van der Waals surface area contributed by atoms with Crippen molar-refractivity contribution in [3.05, 3.63) is 0 Å². The first-order chi connectivity index (χ1) is 5.34. The van der Waals surface area contributed by atoms with Crippen LogP contribution in [0, 0.1) is 11.8 Å². The van der Waals surface area contributed by atoms with Gasteiger partial charge >= 0.3 is 0 Å². The number of hydrogen-bond donors (Lipinski definition) is 1. The van der Waals surface area contributed by atoms with E-state index in [1.54, 1.807) is 0 Å². The molecule has 1 heteroatoms. The fraction of sp³-hybridized carbons (Fsp3) is 1.00. The maximum absolute atomic E-state index is 5.84. The molecule has 2 fully saturated rings. The van der Waals surface area contributed by atoms with E-state index in [-0.39, 0.29) is 0 Å². The van der Waals surface area contributed by atoms with E-state index >= 15 is 0 Å². The van der Waals surface area contributed by atoms with Crippen molar-refractivity contribution >= 4 is 0 Å². The first kappa shape index (κ1) is 7.60. The smallest absolute Gasteiger partial charge is 0.00390 e. The zero-order valence-corrected chi connectivity index (χ0v) is 7.26. The Morgan fingerprint density at radius 3 is 1.73 bits per heavy atom. The van der Waals surface area contributed by atoms with Crippen molar-refractivity contribution in [3.63, 3.8) is 0 Å². The highest BCUT2D eigenvalue weighted by Gasteiger charge is 2.27. The summed E-state index contributed by atoms with van der Waals surface area (Å²) in [7, 11) is 0. The van der Waals surface area contributed by atoms with Crippen molar-refractivity contribution < 1.29 is 0 Å². The molecule has 64 valence electrons. The van der Waals surface area contributed by atoms with Gasteiger partial charge in [0.15, 0.2) is 0 Å². The van der Waals surface area contributed by atoms with Gasteiger partial charge < -0.3 is 5.73 Å². The van der Waals surface area contributed by atoms with Crippen LogP contribution in [0.5, 0.6) is 0 Å². The zero-order chi connectivity index (χ0) is 7.68. The summed E-state index contributed by atoms with van der Waals surface area (Å²) in [6.07, 6.45) is 9.96. The van der Waals surface area contributed by atoms with E-state index in [0.717, 1.165) is 11.8 Å². The summed E-state index contributed by atoms with van der Waals surface area (Å²) in [6, 6.07) is 0.533. The Morgan fingerprint density at radius 2 is 1.27 bits per heavy atom. The molecule has 0 saturated heterocycles. The molecular formula is C10H19N. The normalized spacial score (nSPS) is 39.0. The molecule has 0 unspecified atom stereocenters. The molecule has 2 N–H and O–H groups in total. The molecule has 0 aromatic rings. The lowest BCUT2D eigenvalue weighted by Crippen LogP contribution is -2.26. The molecule has 0 spiro atoms. The van der Waals surface area contributed by atoms with Crippen molar-refractivity contribution in [3.8, 4) is 0 Å². The molecule has 0 amide bonds. The average molecular weight is 153 g/mol. The van der Waals surface area contributed by atoms with Crippen LogP contribution in [0.15, 0.2) is 0 Å². The third-order valence-corrected chi connectivity index (χ3v) is 3.26. The second kappa shape index (κ2) is 3.14. The molecule has 0 aliphatic heterocycles. The molecule has 2 aliphatic carbocycles. The second-order valence-electron chi connectivity index (χ2n) is 4.46. The summed E-state index contributed by atoms with van der Waals surface area (Å²) in [4.78, 5) is 0. The molecule has 2 rings (SSSR count). The predicted octanol–water partition coefficient (Wildman–Crippen LogP) is 2.30. The first-order valence-electron chi connectivity index (χ1n) is 5.10. The number of rotatable bonds is 2. The van der Waals surface area contributed by atoms with Crippen LogP contribution in [0.1, 0.15) is 44.9 Å². The first-order valence-corrected chi connectivity index (χ1v) is 5.10. The minimum Gasteiger partial charge on any atom is -0.328 e. The SMILES string of the molecule is NC1CCC(CC2CC2)CC1. The van der Waals surface area contributed by atoms with Gasteiger partial charge in [-0.05, 0) is 43.9 Å². The lowest BCUT2D eigenvalue weighted by Gasteiger charge is -2.25. The van der Waals surface area contributed by atoms with Gasteiger partial charge in [0, 0.05) is 6.04 Å². The Labute approximate surface area is 69.4 Å². The van der Waals surface area contributed by atoms with Crippen LogP contribution in [0.2, 0.25) is 0 Å². The van der Waals surface area contributed by atoms with Crippen molar-refractivity contribution in [2.75, 3.05) is 0 Å². The third-order valence-electron chi connectivity index (χ3n) is 3.26. The highest BCUT2D eigenvalue weighted by molar-refractivity contribution is 4.81. The van der Waals surface area contributed by atoms with Gasteiger partial charge in [0.25, 0.3) is 0 Å². The largest absolute Gasteiger partial charge is 0.328 e. The monoisotopic (exact) mass is 153 g/mol. The summed E-state index contributed by atoms with van der Waals surface area (Å²) in [5, 5.41) is 0. The number of nitrogens with two attached hydrogens (primary N) is 1. The highest BCUT2D eigenvalue weighted by atomic mass is 14.6. The maximum atomic E-state index is 5.84. The molecule has 0 aromatic carbocycles. The van der Waals surface area contributed by atoms with Gasteiger partial charge in [0.05, 0.1) is 0 Å². The van der Waals surface area contributed by atoms with Crippen LogP contribution >= 0.6 is 0 Å². The Bertz CT molecular complexity index is 121. The quantitative estimate of drug-likeness (QED) is 0.647. The molecule has 2 saturated carbocycles. The van der Waals surface area contributed by atoms with Crippen molar-refractivity contribution in [1.82, 2.24) is 0 Å². The zero-order valence-electron chi connectivity index (χ0n) is 7.26. The Morgan fingerprint density at radius 1 is 0.818 bits per heavy atom. The van der Waals surface area contributed by atoms with E-state index in [9.17, 15) is 0 Å². The van der Waals surface area contributed by atoms with Crippen molar-refractivity contribution in [1.29, 1.82) is 0 Å². The molecule has 0 bridgehead atoms. The minimum atomic E-state index is 0.533. The fourth-order valence-electron chi connectivity index (χ4n) is 2.25. The van der Waals surface area contributed by atoms with Gasteiger partial charge in [-0.15, -0.1) is 0 Å². The van der Waals surface area contributed by atoms with Crippen molar-refractivity contribution in [2.45, 2.75) is 51.0 Å². The van der Waals surface area contributed by atoms with E-state index in [1.165, 1.54) is 44.9 Å². The van der Waals surface area contributed by atoms with Gasteiger partial charge in [0.2, 0.25) is 0 Å². The van der Waals surface area contributed by atoms with Gasteiger partial charge in [0.1, 0.15) is 0 Å². The molecule has 2 aliphatic rings. The standard InChI is InChI=1S/C10H19N/c11-10-5-3-9(4-6-10)7-8-1-2-8/h8-10H,1-7,11H2. The number of hydrogen-bond acceptors (Lipinski definition) is 1. The molecule has 0 atom stereocenters. The Kier molecular flexibility index (Phi) is 2.17. The summed E-state index contributed by atoms with van der Waals surface area (Å²) >= 11 is 0. The van der Waals surface area contributed by atoms with Crippen LogP contribution in [-0.2, 0) is 0 Å². The van der Waals surface area contributed by atoms with Gasteiger partial charge in [-0.25, -0.2) is 0 Å². The maximum Gasteiger partial charge on any atom is 0.00390 e. The third kappa shape index (κ3) is 2.19.